The lowest BCUT2D eigenvalue weighted by molar-refractivity contribution is -0.146. The minimum absolute atomic E-state index is 0.186. The van der Waals surface area contributed by atoms with E-state index in [1.807, 2.05) is 32.0 Å². The van der Waals surface area contributed by atoms with Gasteiger partial charge in [0.1, 0.15) is 30.8 Å². The van der Waals surface area contributed by atoms with E-state index >= 15 is 0 Å². The molecule has 5 nitrogen and oxygen atoms in total. The van der Waals surface area contributed by atoms with Crippen LogP contribution in [0.4, 0.5) is 0 Å². The lowest BCUT2D eigenvalue weighted by atomic mass is 9.77. The Morgan fingerprint density at radius 3 is 2.28 bits per heavy atom. The summed E-state index contributed by atoms with van der Waals surface area (Å²) in [6.07, 6.45) is 1.21. The molecular formula is C26H33ClO5. The van der Waals surface area contributed by atoms with Crippen molar-refractivity contribution in [3.8, 4) is 11.5 Å². The molecule has 2 aromatic carbocycles. The van der Waals surface area contributed by atoms with Crippen molar-refractivity contribution in [3.63, 3.8) is 0 Å². The van der Waals surface area contributed by atoms with Crippen molar-refractivity contribution < 1.29 is 23.7 Å². The third-order valence-corrected chi connectivity index (χ3v) is 5.53. The van der Waals surface area contributed by atoms with Gasteiger partial charge >= 0.3 is 5.97 Å². The maximum atomic E-state index is 11.1. The van der Waals surface area contributed by atoms with Crippen LogP contribution in [0.15, 0.2) is 54.3 Å². The van der Waals surface area contributed by atoms with Gasteiger partial charge in [-0.1, -0.05) is 38.1 Å². The van der Waals surface area contributed by atoms with Crippen LogP contribution in [0, 0.1) is 6.92 Å². The van der Waals surface area contributed by atoms with Crippen molar-refractivity contribution in [1.82, 2.24) is 0 Å². The fraction of sp³-hybridized carbons (Fsp3) is 0.423. The number of halogens is 1. The van der Waals surface area contributed by atoms with Gasteiger partial charge in [0.2, 0.25) is 0 Å². The van der Waals surface area contributed by atoms with Gasteiger partial charge in [0.15, 0.2) is 0 Å². The topological polar surface area (TPSA) is 54.0 Å². The summed E-state index contributed by atoms with van der Waals surface area (Å²) in [7, 11) is 1.63. The summed E-state index contributed by atoms with van der Waals surface area (Å²) in [6.45, 7) is 10.4. The highest BCUT2D eigenvalue weighted by atomic mass is 35.5. The van der Waals surface area contributed by atoms with Gasteiger partial charge in [0.25, 0.3) is 0 Å². The second-order valence-electron chi connectivity index (χ2n) is 8.31. The number of carbonyl (C=O) groups excluding carboxylic acids is 1. The molecule has 174 valence electrons. The molecule has 0 saturated heterocycles. The number of carbonyl (C=O) groups is 1. The quantitative estimate of drug-likeness (QED) is 0.241. The van der Waals surface area contributed by atoms with Crippen molar-refractivity contribution in [1.29, 1.82) is 0 Å². The number of rotatable bonds is 11. The SMILES string of the molecule is CO/C=C(\C)COc1ccc(C(C)(C)c2ccc(OC[C@H](CCl)OC(C)=O)c(C)c2)cc1. The highest BCUT2D eigenvalue weighted by Crippen LogP contribution is 2.34. The molecule has 2 rings (SSSR count). The maximum Gasteiger partial charge on any atom is 0.303 e. The van der Waals surface area contributed by atoms with E-state index in [1.165, 1.54) is 18.1 Å². The van der Waals surface area contributed by atoms with Gasteiger partial charge < -0.3 is 18.9 Å². The summed E-state index contributed by atoms with van der Waals surface area (Å²) >= 11 is 5.86. The fourth-order valence-electron chi connectivity index (χ4n) is 3.29. The van der Waals surface area contributed by atoms with Crippen molar-refractivity contribution in [2.45, 2.75) is 46.1 Å². The predicted molar refractivity (Wildman–Crippen MR) is 128 cm³/mol. The van der Waals surface area contributed by atoms with E-state index in [9.17, 15) is 4.79 Å². The third-order valence-electron chi connectivity index (χ3n) is 5.19. The van der Waals surface area contributed by atoms with Gasteiger partial charge in [0, 0.05) is 12.3 Å². The molecule has 0 aliphatic rings. The minimum atomic E-state index is -0.473. The monoisotopic (exact) mass is 460 g/mol. The van der Waals surface area contributed by atoms with Crippen LogP contribution in [0.25, 0.3) is 0 Å². The van der Waals surface area contributed by atoms with E-state index in [2.05, 4.69) is 38.1 Å². The summed E-state index contributed by atoms with van der Waals surface area (Å²) in [6, 6.07) is 14.3. The molecule has 1 atom stereocenters. The minimum Gasteiger partial charge on any atom is -0.504 e. The number of aryl methyl sites for hydroxylation is 1. The number of benzene rings is 2. The van der Waals surface area contributed by atoms with E-state index < -0.39 is 6.10 Å². The number of alkyl halides is 1. The van der Waals surface area contributed by atoms with Gasteiger partial charge in [-0.05, 0) is 54.3 Å². The van der Waals surface area contributed by atoms with E-state index in [-0.39, 0.29) is 23.9 Å². The van der Waals surface area contributed by atoms with E-state index in [4.69, 9.17) is 30.5 Å². The Morgan fingerprint density at radius 1 is 1.06 bits per heavy atom. The Hall–Kier alpha value is -2.66. The van der Waals surface area contributed by atoms with Crippen molar-refractivity contribution in [3.05, 3.63) is 71.0 Å². The normalized spacial score (nSPS) is 12.8. The molecule has 0 spiro atoms. The van der Waals surface area contributed by atoms with Crippen LogP contribution in [-0.2, 0) is 19.7 Å². The van der Waals surface area contributed by atoms with Gasteiger partial charge in [-0.2, -0.15) is 0 Å². The zero-order chi connectivity index (χ0) is 23.7. The fourth-order valence-corrected chi connectivity index (χ4v) is 3.45. The van der Waals surface area contributed by atoms with Crippen LogP contribution < -0.4 is 9.47 Å². The molecule has 0 heterocycles. The molecule has 0 unspecified atom stereocenters. The average molecular weight is 461 g/mol. The number of hydrogen-bond donors (Lipinski definition) is 0. The van der Waals surface area contributed by atoms with Gasteiger partial charge in [-0.25, -0.2) is 0 Å². The molecule has 0 fully saturated rings. The molecular weight excluding hydrogens is 428 g/mol. The van der Waals surface area contributed by atoms with Crippen LogP contribution in [-0.4, -0.2) is 38.3 Å². The summed E-state index contributed by atoms with van der Waals surface area (Å²) in [5, 5.41) is 0. The number of esters is 1. The summed E-state index contributed by atoms with van der Waals surface area (Å²) in [5.41, 5.74) is 4.17. The van der Waals surface area contributed by atoms with E-state index in [0.717, 1.165) is 22.6 Å². The third kappa shape index (κ3) is 7.20. The standard InChI is InChI=1S/C26H33ClO5/c1-18(15-29-6)16-30-23-10-7-21(8-11-23)26(4,5)22-9-12-25(19(2)13-22)31-17-24(14-27)32-20(3)28/h7-13,15,24H,14,16-17H2,1-6H3/b18-15+/t24-/m0/s1. The van der Waals surface area contributed by atoms with E-state index in [0.29, 0.717) is 6.61 Å². The molecule has 0 bridgehead atoms. The molecule has 0 radical (unpaired) electrons. The first-order valence-corrected chi connectivity index (χ1v) is 11.1. The molecule has 32 heavy (non-hydrogen) atoms. The molecule has 2 aromatic rings. The van der Waals surface area contributed by atoms with Crippen LogP contribution in [0.3, 0.4) is 0 Å². The molecule has 0 aromatic heterocycles. The summed E-state index contributed by atoms with van der Waals surface area (Å²) in [5.74, 6) is 1.38. The van der Waals surface area contributed by atoms with Crippen LogP contribution in [0.5, 0.6) is 11.5 Å². The maximum absolute atomic E-state index is 11.1. The van der Waals surface area contributed by atoms with Gasteiger partial charge in [-0.3, -0.25) is 4.79 Å². The first-order valence-electron chi connectivity index (χ1n) is 10.6. The van der Waals surface area contributed by atoms with Crippen LogP contribution >= 0.6 is 11.6 Å². The second-order valence-corrected chi connectivity index (χ2v) is 8.62. The Labute approximate surface area is 196 Å². The Balaban J connectivity index is 2.09. The summed E-state index contributed by atoms with van der Waals surface area (Å²) in [4.78, 5) is 11.1. The lowest BCUT2D eigenvalue weighted by Crippen LogP contribution is -2.26. The molecule has 0 aliphatic heterocycles. The zero-order valence-corrected chi connectivity index (χ0v) is 20.5. The summed E-state index contributed by atoms with van der Waals surface area (Å²) < 4.78 is 21.8. The van der Waals surface area contributed by atoms with Crippen LogP contribution in [0.2, 0.25) is 0 Å². The Morgan fingerprint density at radius 2 is 1.72 bits per heavy atom. The number of methoxy groups -OCH3 is 1. The highest BCUT2D eigenvalue weighted by molar-refractivity contribution is 6.18. The molecule has 0 N–H and O–H groups in total. The zero-order valence-electron chi connectivity index (χ0n) is 19.7. The van der Waals surface area contributed by atoms with Gasteiger partial charge in [-0.15, -0.1) is 11.6 Å². The second kappa shape index (κ2) is 11.8. The predicted octanol–water partition coefficient (Wildman–Crippen LogP) is 5.80. The van der Waals surface area contributed by atoms with Crippen molar-refractivity contribution in [2.24, 2.45) is 0 Å². The highest BCUT2D eigenvalue weighted by Gasteiger charge is 2.24. The van der Waals surface area contributed by atoms with E-state index in [1.54, 1.807) is 13.4 Å². The Bertz CT molecular complexity index is 918. The van der Waals surface area contributed by atoms with Crippen molar-refractivity contribution >= 4 is 17.6 Å². The van der Waals surface area contributed by atoms with Crippen LogP contribution in [0.1, 0.15) is 44.4 Å². The Kier molecular flexibility index (Phi) is 9.45. The first-order chi connectivity index (χ1) is 15.2. The van der Waals surface area contributed by atoms with Gasteiger partial charge in [0.05, 0.1) is 19.3 Å². The van der Waals surface area contributed by atoms with Crippen molar-refractivity contribution in [2.75, 3.05) is 26.2 Å². The molecule has 0 saturated carbocycles. The number of ether oxygens (including phenoxy) is 4. The lowest BCUT2D eigenvalue weighted by Gasteiger charge is -2.27. The first kappa shape index (κ1) is 25.6. The smallest absolute Gasteiger partial charge is 0.303 e. The average Bonchev–Trinajstić information content (AvgIpc) is 2.76. The molecule has 6 heteroatoms. The molecule has 0 aliphatic carbocycles. The largest absolute Gasteiger partial charge is 0.504 e. The number of hydrogen-bond acceptors (Lipinski definition) is 5. The molecule has 0 amide bonds.